The van der Waals surface area contributed by atoms with Crippen LogP contribution in [0, 0.1) is 23.2 Å². The van der Waals surface area contributed by atoms with Crippen molar-refractivity contribution in [2.45, 2.75) is 39.4 Å². The summed E-state index contributed by atoms with van der Waals surface area (Å²) in [4.78, 5) is 0. The van der Waals surface area contributed by atoms with Crippen LogP contribution in [0.5, 0.6) is 0 Å². The van der Waals surface area contributed by atoms with Gasteiger partial charge in [0.2, 0.25) is 0 Å². The van der Waals surface area contributed by atoms with Crippen LogP contribution >= 0.6 is 0 Å². The zero-order valence-corrected chi connectivity index (χ0v) is 8.06. The fourth-order valence-corrected chi connectivity index (χ4v) is 3.53. The van der Waals surface area contributed by atoms with Crippen LogP contribution in [0.2, 0.25) is 6.32 Å². The summed E-state index contributed by atoms with van der Waals surface area (Å²) in [6, 6.07) is 0. The lowest BCUT2D eigenvalue weighted by molar-refractivity contribution is -0.0981. The predicted octanol–water partition coefficient (Wildman–Crippen LogP) is 2.11. The molecule has 4 unspecified atom stereocenters. The van der Waals surface area contributed by atoms with E-state index in [1.807, 2.05) is 0 Å². The predicted molar refractivity (Wildman–Crippen MR) is 51.5 cm³/mol. The van der Waals surface area contributed by atoms with Crippen molar-refractivity contribution < 1.29 is 0 Å². The van der Waals surface area contributed by atoms with Crippen molar-refractivity contribution in [1.29, 1.82) is 0 Å². The van der Waals surface area contributed by atoms with E-state index in [0.717, 1.165) is 23.2 Å². The maximum absolute atomic E-state index is 2.52. The van der Waals surface area contributed by atoms with Gasteiger partial charge in [-0.05, 0) is 36.0 Å². The first-order valence-corrected chi connectivity index (χ1v) is 5.18. The Morgan fingerprint density at radius 2 is 2.18 bits per heavy atom. The Kier molecular flexibility index (Phi) is 1.59. The Balaban J connectivity index is 2.14. The minimum Gasteiger partial charge on any atom is -0.0752 e. The fourth-order valence-electron chi connectivity index (χ4n) is 3.53. The number of fused-ring (bicyclic) bond motifs is 2. The highest BCUT2D eigenvalue weighted by Gasteiger charge is 2.54. The summed E-state index contributed by atoms with van der Waals surface area (Å²) in [5.41, 5.74) is 0.748. The first kappa shape index (κ1) is 7.70. The van der Waals surface area contributed by atoms with E-state index in [4.69, 9.17) is 0 Å². The molecular formula is C10H19B. The first-order valence-electron chi connectivity index (χ1n) is 5.18. The SMILES string of the molecule is BCC1(C)C2CCC(C)C1C2. The minimum atomic E-state index is 0.748. The van der Waals surface area contributed by atoms with E-state index in [1.165, 1.54) is 19.2 Å². The van der Waals surface area contributed by atoms with Gasteiger partial charge in [-0.25, -0.2) is 0 Å². The largest absolute Gasteiger partial charge is 0.102 e. The van der Waals surface area contributed by atoms with E-state index >= 15 is 0 Å². The van der Waals surface area contributed by atoms with Gasteiger partial charge in [0.1, 0.15) is 7.85 Å². The molecule has 0 aromatic heterocycles. The fraction of sp³-hybridized carbons (Fsp3) is 1.00. The van der Waals surface area contributed by atoms with E-state index in [-0.39, 0.29) is 0 Å². The molecule has 11 heavy (non-hydrogen) atoms. The molecule has 4 atom stereocenters. The first-order chi connectivity index (χ1) is 5.18. The molecule has 1 heteroatoms. The van der Waals surface area contributed by atoms with Crippen LogP contribution in [0.4, 0.5) is 0 Å². The Labute approximate surface area is 71.2 Å². The van der Waals surface area contributed by atoms with Gasteiger partial charge in [0.05, 0.1) is 0 Å². The molecule has 3 aliphatic carbocycles. The smallest absolute Gasteiger partial charge is 0.0752 e. The van der Waals surface area contributed by atoms with Crippen molar-refractivity contribution in [2.24, 2.45) is 23.2 Å². The van der Waals surface area contributed by atoms with Gasteiger partial charge in [-0.1, -0.05) is 26.6 Å². The van der Waals surface area contributed by atoms with Gasteiger partial charge in [-0.15, -0.1) is 0 Å². The van der Waals surface area contributed by atoms with Crippen molar-refractivity contribution >= 4 is 7.85 Å². The minimum absolute atomic E-state index is 0.748. The van der Waals surface area contributed by atoms with Crippen molar-refractivity contribution in [3.05, 3.63) is 0 Å². The Hall–Kier alpha value is 0.0649. The molecule has 3 saturated carbocycles. The van der Waals surface area contributed by atoms with Crippen molar-refractivity contribution in [3.63, 3.8) is 0 Å². The van der Waals surface area contributed by atoms with Crippen molar-refractivity contribution in [1.82, 2.24) is 0 Å². The highest BCUT2D eigenvalue weighted by atomic mass is 14.6. The van der Waals surface area contributed by atoms with E-state index < -0.39 is 0 Å². The highest BCUT2D eigenvalue weighted by molar-refractivity contribution is 6.09. The second kappa shape index (κ2) is 2.28. The molecule has 0 heterocycles. The summed E-state index contributed by atoms with van der Waals surface area (Å²) in [5, 5.41) is 0. The molecule has 3 fully saturated rings. The van der Waals surface area contributed by atoms with Crippen LogP contribution in [0.15, 0.2) is 0 Å². The average Bonchev–Trinajstić information content (AvgIpc) is 2.02. The van der Waals surface area contributed by atoms with Crippen molar-refractivity contribution in [2.75, 3.05) is 0 Å². The summed E-state index contributed by atoms with van der Waals surface area (Å²) in [5.74, 6) is 3.19. The normalized spacial score (nSPS) is 55.3. The number of rotatable bonds is 1. The molecule has 62 valence electrons. The Bertz CT molecular complexity index is 164. The molecule has 3 aliphatic rings. The van der Waals surface area contributed by atoms with Crippen LogP contribution in [0.3, 0.4) is 0 Å². The lowest BCUT2D eigenvalue weighted by Gasteiger charge is -2.61. The van der Waals surface area contributed by atoms with Crippen LogP contribution < -0.4 is 0 Å². The molecule has 0 aromatic rings. The zero-order valence-electron chi connectivity index (χ0n) is 8.06. The molecule has 0 amide bonds. The number of hydrogen-bond acceptors (Lipinski definition) is 0. The second-order valence-corrected chi connectivity index (χ2v) is 4.95. The average molecular weight is 150 g/mol. The summed E-state index contributed by atoms with van der Waals surface area (Å²) < 4.78 is 0. The van der Waals surface area contributed by atoms with Crippen molar-refractivity contribution in [3.8, 4) is 0 Å². The highest BCUT2D eigenvalue weighted by Crippen LogP contribution is 2.62. The molecule has 0 N–H and O–H groups in total. The molecular weight excluding hydrogens is 131 g/mol. The third-order valence-electron chi connectivity index (χ3n) is 4.74. The molecule has 0 aliphatic heterocycles. The van der Waals surface area contributed by atoms with Gasteiger partial charge in [0, 0.05) is 0 Å². The third-order valence-corrected chi connectivity index (χ3v) is 4.74. The molecule has 3 rings (SSSR count). The maximum Gasteiger partial charge on any atom is 0.102 e. The number of hydrogen-bond donors (Lipinski definition) is 0. The van der Waals surface area contributed by atoms with E-state index in [0.29, 0.717) is 0 Å². The standard InChI is InChI=1S/C10H19B/c1-7-3-4-8-5-9(7)10(8,2)6-11/h7-9H,3-6,11H2,1-2H3. The van der Waals surface area contributed by atoms with Gasteiger partial charge >= 0.3 is 0 Å². The van der Waals surface area contributed by atoms with Crippen LogP contribution in [-0.4, -0.2) is 7.85 Å². The summed E-state index contributed by atoms with van der Waals surface area (Å²) in [6.07, 6.45) is 5.98. The summed E-state index contributed by atoms with van der Waals surface area (Å²) in [6.45, 7) is 4.97. The third kappa shape index (κ3) is 0.831. The van der Waals surface area contributed by atoms with Crippen LogP contribution in [0.25, 0.3) is 0 Å². The summed E-state index contributed by atoms with van der Waals surface area (Å²) in [7, 11) is 2.37. The van der Waals surface area contributed by atoms with E-state index in [2.05, 4.69) is 21.7 Å². The van der Waals surface area contributed by atoms with Gasteiger partial charge in [-0.2, -0.15) is 0 Å². The van der Waals surface area contributed by atoms with E-state index in [1.54, 1.807) is 6.42 Å². The lowest BCUT2D eigenvalue weighted by Crippen LogP contribution is -2.53. The molecule has 0 saturated heterocycles. The van der Waals surface area contributed by atoms with Crippen LogP contribution in [0.1, 0.15) is 33.1 Å². The molecule has 0 spiro atoms. The Morgan fingerprint density at radius 3 is 2.55 bits per heavy atom. The van der Waals surface area contributed by atoms with Gasteiger partial charge in [0.25, 0.3) is 0 Å². The zero-order chi connectivity index (χ0) is 8.06. The summed E-state index contributed by atoms with van der Waals surface area (Å²) >= 11 is 0. The lowest BCUT2D eigenvalue weighted by atomic mass is 9.42. The monoisotopic (exact) mass is 150 g/mol. The van der Waals surface area contributed by atoms with E-state index in [9.17, 15) is 0 Å². The maximum atomic E-state index is 2.52. The molecule has 0 radical (unpaired) electrons. The van der Waals surface area contributed by atoms with Gasteiger partial charge < -0.3 is 0 Å². The van der Waals surface area contributed by atoms with Crippen LogP contribution in [-0.2, 0) is 0 Å². The quantitative estimate of drug-likeness (QED) is 0.502. The van der Waals surface area contributed by atoms with Gasteiger partial charge in [0.15, 0.2) is 0 Å². The Morgan fingerprint density at radius 1 is 1.45 bits per heavy atom. The van der Waals surface area contributed by atoms with Gasteiger partial charge in [-0.3, -0.25) is 0 Å². The topological polar surface area (TPSA) is 0 Å². The second-order valence-electron chi connectivity index (χ2n) is 4.95. The molecule has 0 aromatic carbocycles. The molecule has 0 nitrogen and oxygen atoms in total. The molecule has 2 bridgehead atoms.